The Bertz CT molecular complexity index is 842. The maximum absolute atomic E-state index is 12.4. The van der Waals surface area contributed by atoms with Crippen molar-refractivity contribution in [3.8, 4) is 12.1 Å². The number of Topliss-reactive ketones (excluding diaryl/α,β-unsaturated/α-hetero) is 1. The lowest BCUT2D eigenvalue weighted by Gasteiger charge is -2.17. The first-order valence-corrected chi connectivity index (χ1v) is 6.33. The first-order valence-electron chi connectivity index (χ1n) is 6.33. The molecule has 0 radical (unpaired) electrons. The maximum atomic E-state index is 12.4. The molecule has 0 saturated carbocycles. The highest BCUT2D eigenvalue weighted by molar-refractivity contribution is 6.23. The third-order valence-electron chi connectivity index (χ3n) is 3.81. The monoisotopic (exact) mass is 272 g/mol. The van der Waals surface area contributed by atoms with Gasteiger partial charge in [-0.25, -0.2) is 4.79 Å². The van der Waals surface area contributed by atoms with E-state index in [2.05, 4.69) is 0 Å². The molecule has 1 aromatic rings. The Morgan fingerprint density at radius 1 is 1.10 bits per heavy atom. The lowest BCUT2D eigenvalue weighted by atomic mass is 9.81. The zero-order valence-electron chi connectivity index (χ0n) is 10.8. The van der Waals surface area contributed by atoms with Crippen LogP contribution in [0.4, 0.5) is 0 Å². The van der Waals surface area contributed by atoms with E-state index in [1.54, 1.807) is 18.1 Å². The second-order valence-corrected chi connectivity index (χ2v) is 4.81. The van der Waals surface area contributed by atoms with Crippen molar-refractivity contribution >= 4 is 17.3 Å². The van der Waals surface area contributed by atoms with Crippen LogP contribution in [0.1, 0.15) is 17.0 Å². The van der Waals surface area contributed by atoms with Gasteiger partial charge in [-0.15, -0.1) is 0 Å². The molecule has 4 nitrogen and oxygen atoms in total. The summed E-state index contributed by atoms with van der Waals surface area (Å²) < 4.78 is 0. The molecule has 3 rings (SSSR count). The van der Waals surface area contributed by atoms with E-state index in [4.69, 9.17) is 0 Å². The molecule has 4 heteroatoms. The molecule has 0 amide bonds. The molecule has 0 N–H and O–H groups in total. The Balaban J connectivity index is 2.29. The minimum Gasteiger partial charge on any atom is -0.288 e. The third-order valence-corrected chi connectivity index (χ3v) is 3.81. The molecule has 2 aliphatic rings. The minimum atomic E-state index is -0.970. The van der Waals surface area contributed by atoms with Gasteiger partial charge in [-0.05, 0) is 22.8 Å². The fourth-order valence-corrected chi connectivity index (χ4v) is 2.92. The maximum Gasteiger partial charge on any atom is 0.201 e. The molecular formula is C17H8N2O2. The average molecular weight is 272 g/mol. The summed E-state index contributed by atoms with van der Waals surface area (Å²) in [7, 11) is 0. The van der Waals surface area contributed by atoms with Gasteiger partial charge in [0.25, 0.3) is 0 Å². The molecule has 0 bridgehead atoms. The summed E-state index contributed by atoms with van der Waals surface area (Å²) >= 11 is 0. The van der Waals surface area contributed by atoms with Gasteiger partial charge in [-0.2, -0.15) is 10.5 Å². The number of nitrogens with zero attached hydrogens (tertiary/aromatic N) is 2. The Morgan fingerprint density at radius 2 is 1.81 bits per heavy atom. The number of nitriles is 2. The van der Waals surface area contributed by atoms with Gasteiger partial charge in [0, 0.05) is 11.5 Å². The van der Waals surface area contributed by atoms with E-state index >= 15 is 0 Å². The summed E-state index contributed by atoms with van der Waals surface area (Å²) in [6.45, 7) is 0. The van der Waals surface area contributed by atoms with E-state index in [0.29, 0.717) is 11.1 Å². The highest BCUT2D eigenvalue weighted by Gasteiger charge is 2.41. The largest absolute Gasteiger partial charge is 0.288 e. The van der Waals surface area contributed by atoms with Gasteiger partial charge in [0.05, 0.1) is 12.1 Å². The SMILES string of the molecule is N#CC(C#N)C1C2=C(C=CC(=C=O)C2=O)c2ccccc21. The van der Waals surface area contributed by atoms with Crippen molar-refractivity contribution in [2.24, 2.45) is 5.92 Å². The molecule has 1 atom stereocenters. The molecule has 0 aromatic heterocycles. The summed E-state index contributed by atoms with van der Waals surface area (Å²) in [5.74, 6) is -0.415. The van der Waals surface area contributed by atoms with Crippen LogP contribution in [0.3, 0.4) is 0 Å². The zero-order chi connectivity index (χ0) is 15.0. The van der Waals surface area contributed by atoms with E-state index in [-0.39, 0.29) is 5.57 Å². The Morgan fingerprint density at radius 3 is 2.48 bits per heavy atom. The van der Waals surface area contributed by atoms with Gasteiger partial charge in [-0.1, -0.05) is 30.3 Å². The lowest BCUT2D eigenvalue weighted by Crippen LogP contribution is -2.18. The second-order valence-electron chi connectivity index (χ2n) is 4.81. The predicted molar refractivity (Wildman–Crippen MR) is 74.2 cm³/mol. The topological polar surface area (TPSA) is 81.7 Å². The molecular weight excluding hydrogens is 264 g/mol. The van der Waals surface area contributed by atoms with Crippen LogP contribution in [0.15, 0.2) is 47.6 Å². The molecule has 0 aliphatic heterocycles. The fraction of sp³-hybridized carbons (Fsp3) is 0.118. The standard InChI is InChI=1S/C17H8N2O2/c18-7-11(8-19)15-13-4-2-1-3-12(13)14-6-5-10(9-20)17(21)16(14)15/h1-6,11,15H. The molecule has 2 aliphatic carbocycles. The number of carbonyl (C=O) groups excluding carboxylic acids is 2. The molecule has 1 unspecified atom stereocenters. The van der Waals surface area contributed by atoms with Crippen LogP contribution in [-0.4, -0.2) is 11.7 Å². The number of rotatable bonds is 1. The fourth-order valence-electron chi connectivity index (χ4n) is 2.92. The third kappa shape index (κ3) is 1.68. The molecule has 1 aromatic carbocycles. The molecule has 0 heterocycles. The number of carbonyl (C=O) groups is 1. The number of hydrogen-bond donors (Lipinski definition) is 0. The Hall–Kier alpha value is -3.20. The van der Waals surface area contributed by atoms with Gasteiger partial charge in [0.15, 0.2) is 0 Å². The zero-order valence-corrected chi connectivity index (χ0v) is 10.8. The highest BCUT2D eigenvalue weighted by atomic mass is 16.1. The number of allylic oxidation sites excluding steroid dienone is 5. The first kappa shape index (κ1) is 12.8. The van der Waals surface area contributed by atoms with E-state index in [0.717, 1.165) is 11.1 Å². The lowest BCUT2D eigenvalue weighted by molar-refractivity contribution is -0.112. The van der Waals surface area contributed by atoms with Crippen molar-refractivity contribution in [1.29, 1.82) is 10.5 Å². The van der Waals surface area contributed by atoms with Crippen LogP contribution in [0.5, 0.6) is 0 Å². The number of hydrogen-bond acceptors (Lipinski definition) is 4. The van der Waals surface area contributed by atoms with E-state index in [9.17, 15) is 20.1 Å². The molecule has 0 spiro atoms. The highest BCUT2D eigenvalue weighted by Crippen LogP contribution is 2.48. The summed E-state index contributed by atoms with van der Waals surface area (Å²) in [4.78, 5) is 23.3. The summed E-state index contributed by atoms with van der Waals surface area (Å²) in [6.07, 6.45) is 3.11. The van der Waals surface area contributed by atoms with Crippen LogP contribution in [0.2, 0.25) is 0 Å². The Kier molecular flexibility index (Phi) is 2.88. The van der Waals surface area contributed by atoms with Crippen molar-refractivity contribution < 1.29 is 9.59 Å². The quantitative estimate of drug-likeness (QED) is 0.579. The molecule has 0 saturated heterocycles. The van der Waals surface area contributed by atoms with Gasteiger partial charge in [0.1, 0.15) is 17.4 Å². The van der Waals surface area contributed by atoms with Crippen LogP contribution in [0, 0.1) is 28.6 Å². The van der Waals surface area contributed by atoms with Crippen LogP contribution < -0.4 is 0 Å². The molecule has 0 fully saturated rings. The van der Waals surface area contributed by atoms with E-state index < -0.39 is 17.6 Å². The normalized spacial score (nSPS) is 18.9. The summed E-state index contributed by atoms with van der Waals surface area (Å²) in [5.41, 5.74) is 2.59. The number of fused-ring (bicyclic) bond motifs is 2. The smallest absolute Gasteiger partial charge is 0.201 e. The van der Waals surface area contributed by atoms with Crippen molar-refractivity contribution in [2.45, 2.75) is 5.92 Å². The number of benzene rings is 1. The first-order chi connectivity index (χ1) is 10.2. The van der Waals surface area contributed by atoms with E-state index in [1.165, 1.54) is 6.08 Å². The van der Waals surface area contributed by atoms with Crippen molar-refractivity contribution in [2.75, 3.05) is 0 Å². The molecule has 21 heavy (non-hydrogen) atoms. The van der Waals surface area contributed by atoms with Crippen molar-refractivity contribution in [1.82, 2.24) is 0 Å². The number of ketones is 1. The van der Waals surface area contributed by atoms with Crippen molar-refractivity contribution in [3.63, 3.8) is 0 Å². The van der Waals surface area contributed by atoms with Crippen molar-refractivity contribution in [3.05, 3.63) is 58.7 Å². The summed E-state index contributed by atoms with van der Waals surface area (Å²) in [5, 5.41) is 18.4. The van der Waals surface area contributed by atoms with Gasteiger partial charge in [-0.3, -0.25) is 4.79 Å². The summed E-state index contributed by atoms with van der Waals surface area (Å²) in [6, 6.07) is 11.2. The molecule has 98 valence electrons. The van der Waals surface area contributed by atoms with Gasteiger partial charge < -0.3 is 0 Å². The van der Waals surface area contributed by atoms with Crippen LogP contribution >= 0.6 is 0 Å². The van der Waals surface area contributed by atoms with E-state index in [1.807, 2.05) is 30.3 Å². The second kappa shape index (κ2) is 4.72. The van der Waals surface area contributed by atoms with Crippen LogP contribution in [-0.2, 0) is 9.59 Å². The predicted octanol–water partition coefficient (Wildman–Crippen LogP) is 2.10. The Labute approximate surface area is 120 Å². The van der Waals surface area contributed by atoms with Gasteiger partial charge >= 0.3 is 0 Å². The van der Waals surface area contributed by atoms with Gasteiger partial charge in [0.2, 0.25) is 5.78 Å². The van der Waals surface area contributed by atoms with Crippen LogP contribution in [0.25, 0.3) is 5.57 Å². The average Bonchev–Trinajstić information content (AvgIpc) is 2.85. The minimum absolute atomic E-state index is 0.0683.